The number of fused-ring (bicyclic) bond motifs is 2. The summed E-state index contributed by atoms with van der Waals surface area (Å²) in [6.07, 6.45) is 8.22. The van der Waals surface area contributed by atoms with Crippen LogP contribution in [0.15, 0.2) is 48.9 Å². The number of pyridine rings is 2. The van der Waals surface area contributed by atoms with E-state index in [1.165, 1.54) is 18.5 Å². The largest absolute Gasteiger partial charge is 0.379 e. The molecule has 1 saturated heterocycles. The monoisotopic (exact) mass is 483 g/mol. The molecule has 0 amide bonds. The minimum absolute atomic E-state index is 0.330. The number of rotatable bonds is 6. The Morgan fingerprint density at radius 2 is 1.86 bits per heavy atom. The molecule has 0 aromatic carbocycles. The molecule has 3 fully saturated rings. The van der Waals surface area contributed by atoms with Gasteiger partial charge < -0.3 is 4.74 Å². The molecule has 2 aliphatic carbocycles. The van der Waals surface area contributed by atoms with Crippen molar-refractivity contribution in [1.29, 1.82) is 0 Å². The van der Waals surface area contributed by atoms with Gasteiger partial charge in [-0.15, -0.1) is 0 Å². The first-order valence-corrected chi connectivity index (χ1v) is 13.3. The molecule has 186 valence electrons. The average molecular weight is 484 g/mol. The number of aromatic nitrogens is 6. The third kappa shape index (κ3) is 3.83. The lowest BCUT2D eigenvalue weighted by molar-refractivity contribution is 0.0151. The van der Waals surface area contributed by atoms with Crippen LogP contribution in [0, 0.1) is 11.8 Å². The van der Waals surface area contributed by atoms with Gasteiger partial charge in [0, 0.05) is 54.7 Å². The topological polar surface area (TPSA) is 73.9 Å². The molecular formula is C28H33N7O. The Labute approximate surface area is 211 Å². The van der Waals surface area contributed by atoms with Crippen molar-refractivity contribution in [3.05, 3.63) is 60.3 Å². The summed E-state index contributed by atoms with van der Waals surface area (Å²) in [5.74, 6) is 2.22. The van der Waals surface area contributed by atoms with Crippen LogP contribution in [0.1, 0.15) is 50.0 Å². The second-order valence-corrected chi connectivity index (χ2v) is 10.9. The molecule has 2 saturated carbocycles. The third-order valence-electron chi connectivity index (χ3n) is 8.41. The maximum Gasteiger partial charge on any atom is 0.108 e. The van der Waals surface area contributed by atoms with Crippen molar-refractivity contribution in [2.24, 2.45) is 11.8 Å². The summed E-state index contributed by atoms with van der Waals surface area (Å²) in [5.41, 5.74) is 6.34. The number of nitrogens with zero attached hydrogens (tertiary/aromatic N) is 7. The summed E-state index contributed by atoms with van der Waals surface area (Å²) >= 11 is 0. The summed E-state index contributed by atoms with van der Waals surface area (Å²) in [4.78, 5) is 11.8. The van der Waals surface area contributed by atoms with Crippen LogP contribution in [-0.2, 0) is 11.3 Å². The van der Waals surface area contributed by atoms with Gasteiger partial charge in [0.05, 0.1) is 42.9 Å². The second-order valence-electron chi connectivity index (χ2n) is 10.9. The fourth-order valence-corrected chi connectivity index (χ4v) is 6.57. The fraction of sp³-hybridized carbons (Fsp3) is 0.500. The zero-order valence-corrected chi connectivity index (χ0v) is 21.0. The van der Waals surface area contributed by atoms with E-state index >= 15 is 0 Å². The standard InChI is InChI=1S/C28H33N7O/c1-18(2)35-27(28-22-12-21(13-23(22)28)33-7-9-36-10-8-33)14-24(32-35)19-11-26-25(30-15-19)16-31-34(26)17-20-5-3-4-6-29-20/h3-6,11,14-16,18,21-23,28H,7-10,12-13,17H2,1-2H3/t21?,22-,23+,28?. The van der Waals surface area contributed by atoms with E-state index < -0.39 is 0 Å². The van der Waals surface area contributed by atoms with E-state index in [1.807, 2.05) is 41.5 Å². The van der Waals surface area contributed by atoms with Gasteiger partial charge in [-0.2, -0.15) is 10.2 Å². The quantitative estimate of drug-likeness (QED) is 0.410. The van der Waals surface area contributed by atoms with Gasteiger partial charge in [0.2, 0.25) is 0 Å². The maximum absolute atomic E-state index is 5.57. The highest BCUT2D eigenvalue weighted by atomic mass is 16.5. The normalized spacial score (nSPS) is 26.1. The number of hydrogen-bond acceptors (Lipinski definition) is 6. The zero-order chi connectivity index (χ0) is 24.2. The number of morpholine rings is 1. The lowest BCUT2D eigenvalue weighted by Gasteiger charge is -2.33. The van der Waals surface area contributed by atoms with Crippen LogP contribution in [0.4, 0.5) is 0 Å². The molecule has 4 atom stereocenters. The summed E-state index contributed by atoms with van der Waals surface area (Å²) in [6.45, 7) is 9.05. The molecule has 36 heavy (non-hydrogen) atoms. The fourth-order valence-electron chi connectivity index (χ4n) is 6.57. The Bertz CT molecular complexity index is 1360. The summed E-state index contributed by atoms with van der Waals surface area (Å²) in [6, 6.07) is 11.5. The molecule has 8 heteroatoms. The van der Waals surface area contributed by atoms with Crippen molar-refractivity contribution in [1.82, 2.24) is 34.4 Å². The Balaban J connectivity index is 1.15. The third-order valence-corrected chi connectivity index (χ3v) is 8.41. The van der Waals surface area contributed by atoms with Crippen LogP contribution >= 0.6 is 0 Å². The van der Waals surface area contributed by atoms with E-state index in [1.54, 1.807) is 0 Å². The maximum atomic E-state index is 5.57. The van der Waals surface area contributed by atoms with Crippen molar-refractivity contribution >= 4 is 11.0 Å². The van der Waals surface area contributed by atoms with E-state index in [0.717, 1.165) is 72.2 Å². The van der Waals surface area contributed by atoms with Gasteiger partial charge in [-0.1, -0.05) is 6.07 Å². The molecule has 7 rings (SSSR count). The summed E-state index contributed by atoms with van der Waals surface area (Å²) in [7, 11) is 0. The lowest BCUT2D eigenvalue weighted by atomic mass is 10.0. The van der Waals surface area contributed by atoms with E-state index in [0.29, 0.717) is 18.5 Å². The van der Waals surface area contributed by atoms with Gasteiger partial charge in [0.15, 0.2) is 0 Å². The Hall–Kier alpha value is -3.10. The predicted octanol–water partition coefficient (Wildman–Crippen LogP) is 4.14. The Morgan fingerprint density at radius 3 is 2.61 bits per heavy atom. The molecule has 4 aromatic heterocycles. The number of hydrogen-bond donors (Lipinski definition) is 0. The molecule has 0 N–H and O–H groups in total. The number of ether oxygens (including phenoxy) is 1. The van der Waals surface area contributed by atoms with Gasteiger partial charge in [-0.25, -0.2) is 0 Å². The van der Waals surface area contributed by atoms with Crippen LogP contribution in [0.3, 0.4) is 0 Å². The van der Waals surface area contributed by atoms with Crippen LogP contribution in [-0.4, -0.2) is 66.8 Å². The molecular weight excluding hydrogens is 450 g/mol. The molecule has 1 aliphatic heterocycles. The Morgan fingerprint density at radius 1 is 1.03 bits per heavy atom. The highest BCUT2D eigenvalue weighted by Crippen LogP contribution is 2.64. The first-order valence-electron chi connectivity index (χ1n) is 13.3. The average Bonchev–Trinajstić information content (AvgIpc) is 3.32. The zero-order valence-electron chi connectivity index (χ0n) is 21.0. The van der Waals surface area contributed by atoms with Crippen LogP contribution in [0.5, 0.6) is 0 Å². The highest BCUT2D eigenvalue weighted by Gasteiger charge is 2.58. The highest BCUT2D eigenvalue weighted by molar-refractivity contribution is 5.79. The molecule has 5 heterocycles. The minimum Gasteiger partial charge on any atom is -0.379 e. The van der Waals surface area contributed by atoms with E-state index in [9.17, 15) is 0 Å². The van der Waals surface area contributed by atoms with Crippen LogP contribution in [0.25, 0.3) is 22.3 Å². The van der Waals surface area contributed by atoms with Gasteiger partial charge in [0.25, 0.3) is 0 Å². The predicted molar refractivity (Wildman–Crippen MR) is 138 cm³/mol. The van der Waals surface area contributed by atoms with Crippen molar-refractivity contribution < 1.29 is 4.74 Å². The van der Waals surface area contributed by atoms with Crippen LogP contribution in [0.2, 0.25) is 0 Å². The van der Waals surface area contributed by atoms with Crippen LogP contribution < -0.4 is 0 Å². The first-order chi connectivity index (χ1) is 17.7. The van der Waals surface area contributed by atoms with Crippen molar-refractivity contribution in [2.45, 2.75) is 51.2 Å². The molecule has 4 aromatic rings. The first kappa shape index (κ1) is 22.1. The SMILES string of the molecule is CC(C)n1nc(-c2cnc3cnn(Cc4ccccn4)c3c2)cc1C1[C@H]2CC(N3CCOCC3)C[C@@H]12. The van der Waals surface area contributed by atoms with Gasteiger partial charge >= 0.3 is 0 Å². The van der Waals surface area contributed by atoms with Gasteiger partial charge in [0.1, 0.15) is 5.52 Å². The molecule has 0 spiro atoms. The van der Waals surface area contributed by atoms with Gasteiger partial charge in [-0.3, -0.25) is 24.2 Å². The van der Waals surface area contributed by atoms with Gasteiger partial charge in [-0.05, 0) is 62.8 Å². The lowest BCUT2D eigenvalue weighted by Crippen LogP contribution is -2.43. The van der Waals surface area contributed by atoms with E-state index in [-0.39, 0.29) is 0 Å². The van der Waals surface area contributed by atoms with Crippen molar-refractivity contribution in [3.8, 4) is 11.3 Å². The van der Waals surface area contributed by atoms with Crippen molar-refractivity contribution in [2.75, 3.05) is 26.3 Å². The molecule has 0 bridgehead atoms. The van der Waals surface area contributed by atoms with E-state index in [2.05, 4.69) is 45.6 Å². The molecule has 8 nitrogen and oxygen atoms in total. The second kappa shape index (κ2) is 8.78. The minimum atomic E-state index is 0.330. The van der Waals surface area contributed by atoms with E-state index in [4.69, 9.17) is 14.8 Å². The smallest absolute Gasteiger partial charge is 0.108 e. The molecule has 3 aliphatic rings. The summed E-state index contributed by atoms with van der Waals surface area (Å²) in [5, 5.41) is 9.67. The van der Waals surface area contributed by atoms with Crippen molar-refractivity contribution in [3.63, 3.8) is 0 Å². The summed E-state index contributed by atoms with van der Waals surface area (Å²) < 4.78 is 9.81. The Kier molecular flexibility index (Phi) is 5.40. The molecule has 2 unspecified atom stereocenters. The molecule has 0 radical (unpaired) electrons.